The summed E-state index contributed by atoms with van der Waals surface area (Å²) in [4.78, 5) is 11.6. The lowest BCUT2D eigenvalue weighted by Gasteiger charge is -2.08. The van der Waals surface area contributed by atoms with Crippen LogP contribution in [0.2, 0.25) is 0 Å². The van der Waals surface area contributed by atoms with E-state index in [9.17, 15) is 4.79 Å². The molecule has 0 atom stereocenters. The van der Waals surface area contributed by atoms with Crippen LogP contribution in [0.3, 0.4) is 0 Å². The van der Waals surface area contributed by atoms with Gasteiger partial charge in [0.15, 0.2) is 0 Å². The minimum atomic E-state index is -0.321. The molecule has 0 saturated heterocycles. The zero-order valence-corrected chi connectivity index (χ0v) is 10.7. The largest absolute Gasteiger partial charge is 0.497 e. The number of hydrogen-bond acceptors (Lipinski definition) is 4. The Hall–Kier alpha value is -1.62. The summed E-state index contributed by atoms with van der Waals surface area (Å²) in [6.45, 7) is 2.13. The molecule has 0 aromatic heterocycles. The van der Waals surface area contributed by atoms with Gasteiger partial charge in [-0.1, -0.05) is 12.2 Å². The van der Waals surface area contributed by atoms with Crippen LogP contribution in [0, 0.1) is 0 Å². The van der Waals surface area contributed by atoms with E-state index < -0.39 is 0 Å². The number of carbonyl (C=O) groups excluding carboxylic acids is 1. The normalized spacial score (nSPS) is 9.53. The van der Waals surface area contributed by atoms with E-state index in [0.29, 0.717) is 11.6 Å². The van der Waals surface area contributed by atoms with Gasteiger partial charge in [-0.2, -0.15) is 0 Å². The summed E-state index contributed by atoms with van der Waals surface area (Å²) in [5.41, 5.74) is 0.820. The van der Waals surface area contributed by atoms with Gasteiger partial charge in [-0.3, -0.25) is 4.79 Å². The Kier molecular flexibility index (Phi) is 5.42. The van der Waals surface area contributed by atoms with E-state index in [0.717, 1.165) is 11.4 Å². The molecule has 1 N–H and O–H groups in total. The third-order valence-electron chi connectivity index (χ3n) is 1.98. The van der Waals surface area contributed by atoms with Crippen LogP contribution >= 0.6 is 12.2 Å². The average Bonchev–Trinajstić information content (AvgIpc) is 2.30. The molecule has 0 aliphatic carbocycles. The minimum Gasteiger partial charge on any atom is -0.497 e. The summed E-state index contributed by atoms with van der Waals surface area (Å²) in [6, 6.07) is 7.29. The quantitative estimate of drug-likeness (QED) is 0.645. The zero-order valence-electron chi connectivity index (χ0n) is 9.86. The molecular weight excluding hydrogens is 238 g/mol. The predicted molar refractivity (Wildman–Crippen MR) is 70.5 cm³/mol. The molecule has 17 heavy (non-hydrogen) atoms. The third-order valence-corrected chi connectivity index (χ3v) is 2.23. The Morgan fingerprint density at radius 3 is 2.53 bits per heavy atom. The van der Waals surface area contributed by atoms with E-state index in [2.05, 4.69) is 5.32 Å². The molecule has 0 aliphatic rings. The van der Waals surface area contributed by atoms with Gasteiger partial charge in [0.1, 0.15) is 5.75 Å². The minimum absolute atomic E-state index is 0.0925. The number of nitrogens with one attached hydrogen (secondary N) is 1. The van der Waals surface area contributed by atoms with Crippen LogP contribution in [0.25, 0.3) is 0 Å². The number of rotatable bonds is 5. The summed E-state index contributed by atoms with van der Waals surface area (Å²) in [5.74, 6) is 0.449. The molecule has 0 fully saturated rings. The van der Waals surface area contributed by atoms with E-state index >= 15 is 0 Å². The van der Waals surface area contributed by atoms with Crippen molar-refractivity contribution in [1.29, 1.82) is 0 Å². The highest BCUT2D eigenvalue weighted by Gasteiger charge is 2.06. The van der Waals surface area contributed by atoms with Gasteiger partial charge in [0, 0.05) is 5.69 Å². The molecule has 0 bridgehead atoms. The first kappa shape index (κ1) is 13.4. The number of hydrogen-bond donors (Lipinski definition) is 1. The summed E-state index contributed by atoms with van der Waals surface area (Å²) in [7, 11) is 1.60. The number of thiocarbonyl (C=S) groups is 1. The van der Waals surface area contributed by atoms with Gasteiger partial charge in [0.25, 0.3) is 0 Å². The van der Waals surface area contributed by atoms with E-state index in [-0.39, 0.29) is 12.4 Å². The van der Waals surface area contributed by atoms with Crippen molar-refractivity contribution in [2.45, 2.75) is 13.3 Å². The Morgan fingerprint density at radius 2 is 2.00 bits per heavy atom. The predicted octanol–water partition coefficient (Wildman–Crippen LogP) is 2.39. The highest BCUT2D eigenvalue weighted by atomic mass is 32.1. The maximum Gasteiger partial charge on any atom is 0.312 e. The van der Waals surface area contributed by atoms with Crippen LogP contribution in [-0.2, 0) is 9.53 Å². The number of methoxy groups -OCH3 is 1. The topological polar surface area (TPSA) is 47.6 Å². The molecule has 4 nitrogen and oxygen atoms in total. The second kappa shape index (κ2) is 6.85. The molecule has 1 aromatic carbocycles. The number of ether oxygens (including phenoxy) is 2. The molecule has 1 aromatic rings. The van der Waals surface area contributed by atoms with Gasteiger partial charge in [0.05, 0.1) is 25.1 Å². The molecule has 0 unspecified atom stereocenters. The van der Waals surface area contributed by atoms with Crippen molar-refractivity contribution in [1.82, 2.24) is 0 Å². The molecule has 0 saturated carbocycles. The number of esters is 1. The molecule has 1 rings (SSSR count). The second-order valence-electron chi connectivity index (χ2n) is 3.26. The zero-order chi connectivity index (χ0) is 12.7. The molecule has 0 spiro atoms. The van der Waals surface area contributed by atoms with Gasteiger partial charge in [-0.15, -0.1) is 0 Å². The van der Waals surface area contributed by atoms with Crippen LogP contribution in [-0.4, -0.2) is 24.7 Å². The van der Waals surface area contributed by atoms with Gasteiger partial charge < -0.3 is 14.8 Å². The Labute approximate surface area is 106 Å². The van der Waals surface area contributed by atoms with Crippen molar-refractivity contribution >= 4 is 28.9 Å². The van der Waals surface area contributed by atoms with Crippen molar-refractivity contribution < 1.29 is 14.3 Å². The lowest BCUT2D eigenvalue weighted by Crippen LogP contribution is -2.16. The standard InChI is InChI=1S/C12H15NO3S/c1-3-16-12(14)8-11(17)13-9-4-6-10(15-2)7-5-9/h4-7H,3,8H2,1-2H3,(H,13,17). The molecule has 0 heterocycles. The maximum absolute atomic E-state index is 11.2. The monoisotopic (exact) mass is 253 g/mol. The van der Waals surface area contributed by atoms with Crippen molar-refractivity contribution in [2.24, 2.45) is 0 Å². The van der Waals surface area contributed by atoms with E-state index in [4.69, 9.17) is 21.7 Å². The van der Waals surface area contributed by atoms with Crippen LogP contribution in [0.4, 0.5) is 5.69 Å². The van der Waals surface area contributed by atoms with E-state index in [1.54, 1.807) is 14.0 Å². The summed E-state index contributed by atoms with van der Waals surface area (Å²) >= 11 is 5.04. The van der Waals surface area contributed by atoms with Crippen molar-refractivity contribution in [3.63, 3.8) is 0 Å². The summed E-state index contributed by atoms with van der Waals surface area (Å²) in [6.07, 6.45) is 0.0925. The summed E-state index contributed by atoms with van der Waals surface area (Å²) in [5, 5.41) is 2.96. The van der Waals surface area contributed by atoms with Gasteiger partial charge >= 0.3 is 5.97 Å². The Bertz CT molecular complexity index is 389. The maximum atomic E-state index is 11.2. The second-order valence-corrected chi connectivity index (χ2v) is 3.75. The third kappa shape index (κ3) is 4.82. The van der Waals surface area contributed by atoms with Crippen LogP contribution in [0.15, 0.2) is 24.3 Å². The highest BCUT2D eigenvalue weighted by molar-refractivity contribution is 7.80. The van der Waals surface area contributed by atoms with Gasteiger partial charge in [-0.25, -0.2) is 0 Å². The molecule has 0 amide bonds. The first-order chi connectivity index (χ1) is 8.15. The first-order valence-corrected chi connectivity index (χ1v) is 5.66. The molecule has 0 aliphatic heterocycles. The molecule has 92 valence electrons. The SMILES string of the molecule is CCOC(=O)CC(=S)Nc1ccc(OC)cc1. The van der Waals surface area contributed by atoms with Crippen LogP contribution in [0.5, 0.6) is 5.75 Å². The average molecular weight is 253 g/mol. The van der Waals surface area contributed by atoms with Crippen LogP contribution in [0.1, 0.15) is 13.3 Å². The fourth-order valence-electron chi connectivity index (χ4n) is 1.22. The van der Waals surface area contributed by atoms with Gasteiger partial charge in [-0.05, 0) is 31.2 Å². The number of anilines is 1. The Balaban J connectivity index is 2.47. The Morgan fingerprint density at radius 1 is 1.35 bits per heavy atom. The van der Waals surface area contributed by atoms with Crippen molar-refractivity contribution in [2.75, 3.05) is 19.0 Å². The highest BCUT2D eigenvalue weighted by Crippen LogP contribution is 2.15. The first-order valence-electron chi connectivity index (χ1n) is 5.25. The summed E-state index contributed by atoms with van der Waals surface area (Å²) < 4.78 is 9.84. The van der Waals surface area contributed by atoms with E-state index in [1.807, 2.05) is 24.3 Å². The number of benzene rings is 1. The molecular formula is C12H15NO3S. The number of carbonyl (C=O) groups is 1. The fraction of sp³-hybridized carbons (Fsp3) is 0.333. The lowest BCUT2D eigenvalue weighted by atomic mass is 10.3. The molecule has 5 heteroatoms. The van der Waals surface area contributed by atoms with E-state index in [1.165, 1.54) is 0 Å². The van der Waals surface area contributed by atoms with Gasteiger partial charge in [0.2, 0.25) is 0 Å². The van der Waals surface area contributed by atoms with Crippen LogP contribution < -0.4 is 10.1 Å². The molecule has 0 radical (unpaired) electrons. The van der Waals surface area contributed by atoms with Crippen molar-refractivity contribution in [3.8, 4) is 5.75 Å². The van der Waals surface area contributed by atoms with Crippen molar-refractivity contribution in [3.05, 3.63) is 24.3 Å². The smallest absolute Gasteiger partial charge is 0.312 e. The lowest BCUT2D eigenvalue weighted by molar-refractivity contribution is -0.141. The fourth-order valence-corrected chi connectivity index (χ4v) is 1.46.